The van der Waals surface area contributed by atoms with Crippen molar-refractivity contribution in [1.82, 2.24) is 25.4 Å². The molecule has 0 radical (unpaired) electrons. The highest BCUT2D eigenvalue weighted by Gasteiger charge is 2.14. The Hall–Kier alpha value is -0.510. The Morgan fingerprint density at radius 3 is 2.88 bits per heavy atom. The standard InChI is InChI=1S/C16H30N6S.HI/c1-3-17-16(18-10-6-8-12-23-2)19-13-15-21-20-14-9-5-4-7-11-22(14)15;/h3-13H2,1-2H3,(H2,17,18,19);1H. The molecule has 1 aromatic heterocycles. The van der Waals surface area contributed by atoms with Crippen molar-refractivity contribution >= 4 is 41.7 Å². The van der Waals surface area contributed by atoms with Crippen LogP contribution in [0.2, 0.25) is 0 Å². The van der Waals surface area contributed by atoms with Crippen LogP contribution >= 0.6 is 35.7 Å². The van der Waals surface area contributed by atoms with Crippen molar-refractivity contribution < 1.29 is 0 Å². The summed E-state index contributed by atoms with van der Waals surface area (Å²) >= 11 is 1.90. The van der Waals surface area contributed by atoms with Gasteiger partial charge in [-0.1, -0.05) is 6.42 Å². The van der Waals surface area contributed by atoms with Crippen molar-refractivity contribution in [1.29, 1.82) is 0 Å². The molecular formula is C16H31IN6S. The highest BCUT2D eigenvalue weighted by molar-refractivity contribution is 14.0. The Balaban J connectivity index is 0.00000288. The predicted molar refractivity (Wildman–Crippen MR) is 113 cm³/mol. The Morgan fingerprint density at radius 2 is 2.08 bits per heavy atom. The van der Waals surface area contributed by atoms with Gasteiger partial charge in [-0.15, -0.1) is 34.2 Å². The first-order valence-corrected chi connectivity index (χ1v) is 10.2. The Labute approximate surface area is 167 Å². The van der Waals surface area contributed by atoms with E-state index >= 15 is 0 Å². The first-order chi connectivity index (χ1) is 11.3. The molecule has 0 spiro atoms. The van der Waals surface area contributed by atoms with E-state index in [4.69, 9.17) is 0 Å². The highest BCUT2D eigenvalue weighted by atomic mass is 127. The van der Waals surface area contributed by atoms with E-state index in [9.17, 15) is 0 Å². The quantitative estimate of drug-likeness (QED) is 0.267. The summed E-state index contributed by atoms with van der Waals surface area (Å²) in [6, 6.07) is 0. The van der Waals surface area contributed by atoms with E-state index in [2.05, 4.69) is 43.6 Å². The number of halogens is 1. The third-order valence-corrected chi connectivity index (χ3v) is 4.67. The fourth-order valence-corrected chi connectivity index (χ4v) is 3.22. The van der Waals surface area contributed by atoms with Crippen molar-refractivity contribution in [3.63, 3.8) is 0 Å². The fraction of sp³-hybridized carbons (Fsp3) is 0.812. The first-order valence-electron chi connectivity index (χ1n) is 8.77. The summed E-state index contributed by atoms with van der Waals surface area (Å²) in [7, 11) is 0. The van der Waals surface area contributed by atoms with Crippen LogP contribution < -0.4 is 10.6 Å². The zero-order valence-corrected chi connectivity index (χ0v) is 18.0. The summed E-state index contributed by atoms with van der Waals surface area (Å²) in [4.78, 5) is 4.68. The monoisotopic (exact) mass is 466 g/mol. The van der Waals surface area contributed by atoms with Gasteiger partial charge in [0.2, 0.25) is 0 Å². The molecule has 8 heteroatoms. The summed E-state index contributed by atoms with van der Waals surface area (Å²) in [6.45, 7) is 5.55. The van der Waals surface area contributed by atoms with Crippen LogP contribution in [0.15, 0.2) is 4.99 Å². The molecule has 6 nitrogen and oxygen atoms in total. The molecule has 0 amide bonds. The lowest BCUT2D eigenvalue weighted by Gasteiger charge is -2.11. The van der Waals surface area contributed by atoms with Gasteiger partial charge in [0.25, 0.3) is 0 Å². The van der Waals surface area contributed by atoms with Crippen molar-refractivity contribution in [2.75, 3.05) is 25.1 Å². The van der Waals surface area contributed by atoms with E-state index in [-0.39, 0.29) is 24.0 Å². The summed E-state index contributed by atoms with van der Waals surface area (Å²) in [5, 5.41) is 15.4. The summed E-state index contributed by atoms with van der Waals surface area (Å²) in [5.74, 6) is 4.22. The zero-order chi connectivity index (χ0) is 16.3. The van der Waals surface area contributed by atoms with Crippen molar-refractivity contribution in [3.05, 3.63) is 11.6 Å². The number of hydrogen-bond donors (Lipinski definition) is 2. The molecule has 2 heterocycles. The lowest BCUT2D eigenvalue weighted by atomic mass is 10.2. The molecular weight excluding hydrogens is 435 g/mol. The maximum atomic E-state index is 4.68. The van der Waals surface area contributed by atoms with Gasteiger partial charge in [0.05, 0.1) is 0 Å². The van der Waals surface area contributed by atoms with Crippen LogP contribution in [-0.4, -0.2) is 45.8 Å². The minimum Gasteiger partial charge on any atom is -0.357 e. The van der Waals surface area contributed by atoms with Gasteiger partial charge >= 0.3 is 0 Å². The number of rotatable bonds is 8. The molecule has 24 heavy (non-hydrogen) atoms. The molecule has 1 aliphatic rings. The number of guanidine groups is 1. The molecule has 2 N–H and O–H groups in total. The van der Waals surface area contributed by atoms with Gasteiger partial charge in [-0.25, -0.2) is 4.99 Å². The SMILES string of the molecule is CCNC(=NCc1nnc2n1CCCCC2)NCCCCSC.I. The van der Waals surface area contributed by atoms with E-state index < -0.39 is 0 Å². The van der Waals surface area contributed by atoms with E-state index in [0.29, 0.717) is 6.54 Å². The molecule has 138 valence electrons. The summed E-state index contributed by atoms with van der Waals surface area (Å²) < 4.78 is 2.26. The predicted octanol–water partition coefficient (Wildman–Crippen LogP) is 2.82. The Kier molecular flexibility index (Phi) is 11.5. The van der Waals surface area contributed by atoms with Gasteiger partial charge in [-0.3, -0.25) is 0 Å². The second kappa shape index (κ2) is 12.8. The second-order valence-corrected chi connectivity index (χ2v) is 6.80. The minimum absolute atomic E-state index is 0. The largest absolute Gasteiger partial charge is 0.357 e. The van der Waals surface area contributed by atoms with Crippen molar-refractivity contribution in [3.8, 4) is 0 Å². The topological polar surface area (TPSA) is 67.1 Å². The van der Waals surface area contributed by atoms with Gasteiger partial charge in [-0.05, 0) is 44.6 Å². The number of aromatic nitrogens is 3. The average Bonchev–Trinajstić information content (AvgIpc) is 2.79. The summed E-state index contributed by atoms with van der Waals surface area (Å²) in [5.41, 5.74) is 0. The smallest absolute Gasteiger partial charge is 0.191 e. The maximum Gasteiger partial charge on any atom is 0.191 e. The van der Waals surface area contributed by atoms with Gasteiger partial charge in [0.1, 0.15) is 12.4 Å². The maximum absolute atomic E-state index is 4.68. The molecule has 0 saturated carbocycles. The van der Waals surface area contributed by atoms with E-state index in [1.54, 1.807) is 0 Å². The van der Waals surface area contributed by atoms with Crippen LogP contribution in [0.3, 0.4) is 0 Å². The molecule has 0 bridgehead atoms. The molecule has 0 unspecified atom stereocenters. The third-order valence-electron chi connectivity index (χ3n) is 3.98. The Morgan fingerprint density at radius 1 is 1.21 bits per heavy atom. The molecule has 0 aromatic carbocycles. The fourth-order valence-electron chi connectivity index (χ4n) is 2.73. The van der Waals surface area contributed by atoms with Gasteiger partial charge in [0.15, 0.2) is 11.8 Å². The van der Waals surface area contributed by atoms with E-state index in [1.807, 2.05) is 11.8 Å². The first kappa shape index (κ1) is 21.5. The number of nitrogens with zero attached hydrogens (tertiary/aromatic N) is 4. The van der Waals surface area contributed by atoms with Gasteiger partial charge in [-0.2, -0.15) is 11.8 Å². The normalized spacial score (nSPS) is 14.5. The third kappa shape index (κ3) is 7.16. The lowest BCUT2D eigenvalue weighted by Crippen LogP contribution is -2.37. The number of unbranched alkanes of at least 4 members (excludes halogenated alkanes) is 1. The molecule has 0 fully saturated rings. The van der Waals surface area contributed by atoms with Crippen LogP contribution in [-0.2, 0) is 19.5 Å². The van der Waals surface area contributed by atoms with Crippen LogP contribution in [0.5, 0.6) is 0 Å². The average molecular weight is 466 g/mol. The number of fused-ring (bicyclic) bond motifs is 1. The molecule has 0 aliphatic carbocycles. The number of hydrogen-bond acceptors (Lipinski definition) is 4. The van der Waals surface area contributed by atoms with Crippen molar-refractivity contribution in [2.24, 2.45) is 4.99 Å². The molecule has 0 saturated heterocycles. The van der Waals surface area contributed by atoms with E-state index in [1.165, 1.54) is 37.9 Å². The Bertz CT molecular complexity index is 491. The highest BCUT2D eigenvalue weighted by Crippen LogP contribution is 2.14. The number of nitrogens with one attached hydrogen (secondary N) is 2. The van der Waals surface area contributed by atoms with Crippen molar-refractivity contribution in [2.45, 2.75) is 58.5 Å². The van der Waals surface area contributed by atoms with Crippen LogP contribution in [0.25, 0.3) is 0 Å². The van der Waals surface area contributed by atoms with Gasteiger partial charge < -0.3 is 15.2 Å². The second-order valence-electron chi connectivity index (χ2n) is 5.82. The lowest BCUT2D eigenvalue weighted by molar-refractivity contribution is 0.605. The number of aliphatic imine (C=N–C) groups is 1. The molecule has 0 atom stereocenters. The zero-order valence-electron chi connectivity index (χ0n) is 14.9. The summed E-state index contributed by atoms with van der Waals surface area (Å²) in [6.07, 6.45) is 9.34. The molecule has 1 aromatic rings. The van der Waals surface area contributed by atoms with Crippen LogP contribution in [0.4, 0.5) is 0 Å². The molecule has 2 rings (SSSR count). The number of aryl methyl sites for hydroxylation is 1. The van der Waals surface area contributed by atoms with Crippen LogP contribution in [0.1, 0.15) is 50.7 Å². The van der Waals surface area contributed by atoms with E-state index in [0.717, 1.165) is 43.7 Å². The molecule has 1 aliphatic heterocycles. The minimum atomic E-state index is 0. The van der Waals surface area contributed by atoms with Gasteiger partial charge in [0, 0.05) is 26.1 Å². The number of thioether (sulfide) groups is 1. The van der Waals surface area contributed by atoms with Crippen LogP contribution in [0, 0.1) is 0 Å².